The summed E-state index contributed by atoms with van der Waals surface area (Å²) in [6, 6.07) is 5.84. The van der Waals surface area contributed by atoms with Crippen LogP contribution in [0, 0.1) is 12.3 Å². The molecule has 4 nitrogen and oxygen atoms in total. The van der Waals surface area contributed by atoms with Gasteiger partial charge in [0.1, 0.15) is 11.5 Å². The van der Waals surface area contributed by atoms with Crippen molar-refractivity contribution in [2.24, 2.45) is 5.41 Å². The molecule has 2 aromatic heterocycles. The lowest BCUT2D eigenvalue weighted by Crippen LogP contribution is -2.32. The van der Waals surface area contributed by atoms with Gasteiger partial charge in [-0.1, -0.05) is 26.3 Å². The van der Waals surface area contributed by atoms with E-state index < -0.39 is 0 Å². The van der Waals surface area contributed by atoms with Crippen molar-refractivity contribution in [3.8, 4) is 11.4 Å². The third-order valence-electron chi connectivity index (χ3n) is 5.26. The predicted octanol–water partition coefficient (Wildman–Crippen LogP) is 4.10. The van der Waals surface area contributed by atoms with E-state index in [1.54, 1.807) is 6.20 Å². The Kier molecular flexibility index (Phi) is 4.74. The molecule has 1 aliphatic rings. The molecule has 0 amide bonds. The number of fused-ring (bicyclic) bond motifs is 1. The van der Waals surface area contributed by atoms with E-state index in [1.807, 2.05) is 32.0 Å². The van der Waals surface area contributed by atoms with Crippen LogP contribution in [0.2, 0.25) is 0 Å². The molecule has 3 rings (SSSR count). The van der Waals surface area contributed by atoms with E-state index >= 15 is 0 Å². The quantitative estimate of drug-likeness (QED) is 0.853. The van der Waals surface area contributed by atoms with Gasteiger partial charge in [-0.3, -0.25) is 9.78 Å². The van der Waals surface area contributed by atoms with Crippen LogP contribution in [0.3, 0.4) is 0 Å². The van der Waals surface area contributed by atoms with Gasteiger partial charge >= 0.3 is 0 Å². The fraction of sp³-hybridized carbons (Fsp3) is 0.500. The third kappa shape index (κ3) is 3.10. The highest BCUT2D eigenvalue weighted by Gasteiger charge is 2.35. The molecule has 0 spiro atoms. The van der Waals surface area contributed by atoms with Crippen molar-refractivity contribution in [1.29, 1.82) is 0 Å². The molecule has 126 valence electrons. The Labute approximate surface area is 143 Å². The Morgan fingerprint density at radius 2 is 2.04 bits per heavy atom. The van der Waals surface area contributed by atoms with Gasteiger partial charge < -0.3 is 0 Å². The lowest BCUT2D eigenvalue weighted by molar-refractivity contribution is -0.128. The zero-order valence-corrected chi connectivity index (χ0v) is 14.8. The number of carbonyl (C=O) groups is 1. The molecule has 0 aromatic carbocycles. The van der Waals surface area contributed by atoms with Crippen LogP contribution in [0.5, 0.6) is 0 Å². The summed E-state index contributed by atoms with van der Waals surface area (Å²) in [6.45, 7) is 6.10. The zero-order chi connectivity index (χ0) is 17.2. The summed E-state index contributed by atoms with van der Waals surface area (Å²) in [5, 5.41) is 8.84. The summed E-state index contributed by atoms with van der Waals surface area (Å²) in [5.41, 5.74) is 4.79. The van der Waals surface area contributed by atoms with E-state index in [-0.39, 0.29) is 5.41 Å². The number of nitrogens with zero attached hydrogens (tertiary/aromatic N) is 3. The molecular formula is C20H25N3O. The van der Waals surface area contributed by atoms with E-state index in [2.05, 4.69) is 22.1 Å². The highest BCUT2D eigenvalue weighted by Crippen LogP contribution is 2.38. The topological polar surface area (TPSA) is 55.7 Å². The van der Waals surface area contributed by atoms with Gasteiger partial charge in [0.2, 0.25) is 0 Å². The first-order valence-corrected chi connectivity index (χ1v) is 8.85. The lowest BCUT2D eigenvalue weighted by atomic mass is 9.71. The van der Waals surface area contributed by atoms with Gasteiger partial charge in [-0.25, -0.2) is 0 Å². The number of hydrogen-bond donors (Lipinski definition) is 0. The predicted molar refractivity (Wildman–Crippen MR) is 94.7 cm³/mol. The Morgan fingerprint density at radius 1 is 1.21 bits per heavy atom. The molecule has 0 saturated heterocycles. The molecule has 2 heterocycles. The molecule has 0 saturated carbocycles. The Balaban J connectivity index is 2.16. The Bertz CT molecular complexity index is 742. The number of pyridine rings is 1. The minimum Gasteiger partial charge on any atom is -0.299 e. The molecule has 2 aromatic rings. The van der Waals surface area contributed by atoms with E-state index in [0.29, 0.717) is 12.2 Å². The van der Waals surface area contributed by atoms with Crippen molar-refractivity contribution < 1.29 is 4.79 Å². The molecule has 0 fully saturated rings. The maximum atomic E-state index is 12.6. The molecule has 1 aliphatic carbocycles. The van der Waals surface area contributed by atoms with Crippen LogP contribution < -0.4 is 0 Å². The fourth-order valence-corrected chi connectivity index (χ4v) is 3.80. The van der Waals surface area contributed by atoms with Gasteiger partial charge in [0.15, 0.2) is 0 Å². The standard InChI is InChI=1S/C20H25N3O/c1-4-18(24)20(3)11-7-5-9-15-14(2)22-23-19(16(15)13-20)17-10-6-8-12-21-17/h6,8,10,12H,4-5,7,9,11,13H2,1-3H3. The van der Waals surface area contributed by atoms with Gasteiger partial charge in [0.25, 0.3) is 0 Å². The van der Waals surface area contributed by atoms with Gasteiger partial charge in [-0.05, 0) is 55.9 Å². The zero-order valence-electron chi connectivity index (χ0n) is 14.8. The van der Waals surface area contributed by atoms with Crippen LogP contribution in [0.15, 0.2) is 24.4 Å². The lowest BCUT2D eigenvalue weighted by Gasteiger charge is -2.32. The first-order chi connectivity index (χ1) is 11.5. The highest BCUT2D eigenvalue weighted by molar-refractivity contribution is 5.85. The van der Waals surface area contributed by atoms with Crippen molar-refractivity contribution in [1.82, 2.24) is 15.2 Å². The molecule has 0 N–H and O–H groups in total. The smallest absolute Gasteiger partial charge is 0.138 e. The van der Waals surface area contributed by atoms with E-state index in [0.717, 1.165) is 49.2 Å². The van der Waals surface area contributed by atoms with Crippen molar-refractivity contribution in [2.45, 2.75) is 59.3 Å². The second-order valence-corrected chi connectivity index (χ2v) is 7.03. The largest absolute Gasteiger partial charge is 0.299 e. The van der Waals surface area contributed by atoms with E-state index in [4.69, 9.17) is 0 Å². The van der Waals surface area contributed by atoms with Crippen LogP contribution in [-0.4, -0.2) is 21.0 Å². The first-order valence-electron chi connectivity index (χ1n) is 8.85. The van der Waals surface area contributed by atoms with Gasteiger partial charge in [-0.15, -0.1) is 5.10 Å². The molecular weight excluding hydrogens is 298 g/mol. The number of Topliss-reactive ketones (excluding diaryl/α,β-unsaturated/α-hetero) is 1. The van der Waals surface area contributed by atoms with Crippen molar-refractivity contribution >= 4 is 5.78 Å². The second-order valence-electron chi connectivity index (χ2n) is 7.03. The van der Waals surface area contributed by atoms with Crippen molar-refractivity contribution in [3.05, 3.63) is 41.2 Å². The maximum Gasteiger partial charge on any atom is 0.138 e. The number of rotatable bonds is 3. The third-order valence-corrected chi connectivity index (χ3v) is 5.26. The van der Waals surface area contributed by atoms with Crippen LogP contribution in [0.25, 0.3) is 11.4 Å². The second kappa shape index (κ2) is 6.80. The van der Waals surface area contributed by atoms with Gasteiger partial charge in [0, 0.05) is 18.0 Å². The van der Waals surface area contributed by atoms with Crippen LogP contribution in [0.1, 0.15) is 56.4 Å². The summed E-state index contributed by atoms with van der Waals surface area (Å²) < 4.78 is 0. The highest BCUT2D eigenvalue weighted by atomic mass is 16.1. The monoisotopic (exact) mass is 323 g/mol. The average Bonchev–Trinajstić information content (AvgIpc) is 2.58. The normalized spacial score (nSPS) is 20.8. The summed E-state index contributed by atoms with van der Waals surface area (Å²) >= 11 is 0. The molecule has 0 bridgehead atoms. The van der Waals surface area contributed by atoms with Crippen LogP contribution in [-0.2, 0) is 17.6 Å². The minimum atomic E-state index is -0.317. The van der Waals surface area contributed by atoms with E-state index in [1.165, 1.54) is 11.1 Å². The van der Waals surface area contributed by atoms with Crippen LogP contribution >= 0.6 is 0 Å². The van der Waals surface area contributed by atoms with Gasteiger partial charge in [-0.2, -0.15) is 5.10 Å². The maximum absolute atomic E-state index is 12.6. The number of ketones is 1. The number of aromatic nitrogens is 3. The number of aryl methyl sites for hydroxylation is 1. The summed E-state index contributed by atoms with van der Waals surface area (Å²) in [7, 11) is 0. The van der Waals surface area contributed by atoms with Crippen molar-refractivity contribution in [2.75, 3.05) is 0 Å². The Morgan fingerprint density at radius 3 is 2.75 bits per heavy atom. The SMILES string of the molecule is CCC(=O)C1(C)CCCCc2c(C)nnc(-c3ccccn3)c2C1. The molecule has 0 aliphatic heterocycles. The molecule has 1 atom stereocenters. The summed E-state index contributed by atoms with van der Waals surface area (Å²) in [4.78, 5) is 17.1. The summed E-state index contributed by atoms with van der Waals surface area (Å²) in [6.07, 6.45) is 7.23. The van der Waals surface area contributed by atoms with Crippen LogP contribution in [0.4, 0.5) is 0 Å². The number of hydrogen-bond acceptors (Lipinski definition) is 4. The number of carbonyl (C=O) groups excluding carboxylic acids is 1. The fourth-order valence-electron chi connectivity index (χ4n) is 3.80. The molecule has 24 heavy (non-hydrogen) atoms. The van der Waals surface area contributed by atoms with Gasteiger partial charge in [0.05, 0.1) is 11.4 Å². The molecule has 1 unspecified atom stereocenters. The first kappa shape index (κ1) is 16.7. The molecule has 0 radical (unpaired) electrons. The van der Waals surface area contributed by atoms with Crippen molar-refractivity contribution in [3.63, 3.8) is 0 Å². The minimum absolute atomic E-state index is 0.317. The molecule has 4 heteroatoms. The average molecular weight is 323 g/mol. The Hall–Kier alpha value is -2.10. The van der Waals surface area contributed by atoms with E-state index in [9.17, 15) is 4.79 Å². The summed E-state index contributed by atoms with van der Waals surface area (Å²) in [5.74, 6) is 0.344.